The van der Waals surface area contributed by atoms with Gasteiger partial charge in [0.05, 0.1) is 18.1 Å². The van der Waals surface area contributed by atoms with Gasteiger partial charge in [0.15, 0.2) is 0 Å². The Balaban J connectivity index is 2.14. The molecule has 0 unspecified atom stereocenters. The molecule has 6 nitrogen and oxygen atoms in total. The summed E-state index contributed by atoms with van der Waals surface area (Å²) < 4.78 is 28.1. The van der Waals surface area contributed by atoms with Crippen LogP contribution >= 0.6 is 11.6 Å². The van der Waals surface area contributed by atoms with Crippen LogP contribution in [-0.2, 0) is 14.8 Å². The topological polar surface area (TPSA) is 89.7 Å². The van der Waals surface area contributed by atoms with E-state index in [-0.39, 0.29) is 21.4 Å². The second-order valence-corrected chi connectivity index (χ2v) is 7.17. The van der Waals surface area contributed by atoms with Gasteiger partial charge in [0, 0.05) is 12.2 Å². The van der Waals surface area contributed by atoms with Crippen molar-refractivity contribution in [2.75, 3.05) is 19.7 Å². The van der Waals surface area contributed by atoms with Crippen molar-refractivity contribution in [3.05, 3.63) is 28.8 Å². The van der Waals surface area contributed by atoms with Crippen LogP contribution < -0.4 is 5.14 Å². The third-order valence-corrected chi connectivity index (χ3v) is 4.71. The van der Waals surface area contributed by atoms with Gasteiger partial charge in [-0.05, 0) is 32.0 Å². The number of rotatable bonds is 4. The summed E-state index contributed by atoms with van der Waals surface area (Å²) in [6.45, 7) is 5.43. The second kappa shape index (κ2) is 5.57. The number of amides is 1. The van der Waals surface area contributed by atoms with E-state index in [1.54, 1.807) is 4.90 Å². The van der Waals surface area contributed by atoms with Gasteiger partial charge < -0.3 is 9.64 Å². The molecule has 2 N–H and O–H groups in total. The molecule has 116 valence electrons. The fourth-order valence-electron chi connectivity index (χ4n) is 2.39. The van der Waals surface area contributed by atoms with E-state index in [4.69, 9.17) is 21.5 Å². The normalized spacial score (nSPS) is 17.4. The minimum atomic E-state index is -3.89. The number of hydrogen-bond acceptors (Lipinski definition) is 4. The third-order valence-electron chi connectivity index (χ3n) is 3.32. The lowest BCUT2D eigenvalue weighted by atomic mass is 9.95. The van der Waals surface area contributed by atoms with Gasteiger partial charge in [-0.3, -0.25) is 4.79 Å². The minimum Gasteiger partial charge on any atom is -0.372 e. The first-order valence-corrected chi connectivity index (χ1v) is 8.34. The number of carbonyl (C=O) groups is 1. The van der Waals surface area contributed by atoms with Crippen LogP contribution in [0.2, 0.25) is 5.02 Å². The highest BCUT2D eigenvalue weighted by Crippen LogP contribution is 2.28. The molecule has 0 bridgehead atoms. The molecule has 8 heteroatoms. The van der Waals surface area contributed by atoms with Gasteiger partial charge in [-0.15, -0.1) is 0 Å². The summed E-state index contributed by atoms with van der Waals surface area (Å²) in [5.41, 5.74) is 0.0142. The van der Waals surface area contributed by atoms with E-state index in [1.807, 2.05) is 13.8 Å². The Labute approximate surface area is 128 Å². The molecule has 1 amide bonds. The number of ether oxygens (including phenoxy) is 1. The number of nitrogens with two attached hydrogens (primary N) is 1. The molecular weight excluding hydrogens is 316 g/mol. The number of hydrogen-bond donors (Lipinski definition) is 1. The Bertz CT molecular complexity index is 669. The molecule has 0 spiro atoms. The lowest BCUT2D eigenvalue weighted by molar-refractivity contribution is -0.113. The number of likely N-dealkylation sites (tertiary alicyclic amines) is 1. The quantitative estimate of drug-likeness (QED) is 0.898. The van der Waals surface area contributed by atoms with Crippen molar-refractivity contribution in [3.8, 4) is 0 Å². The Kier molecular flexibility index (Phi) is 4.30. The Hall–Kier alpha value is -1.15. The van der Waals surface area contributed by atoms with Crippen molar-refractivity contribution < 1.29 is 17.9 Å². The largest absolute Gasteiger partial charge is 0.372 e. The van der Waals surface area contributed by atoms with Crippen LogP contribution in [0.1, 0.15) is 24.2 Å². The summed E-state index contributed by atoms with van der Waals surface area (Å²) >= 11 is 5.88. The molecule has 1 saturated heterocycles. The molecule has 1 aliphatic heterocycles. The zero-order chi connectivity index (χ0) is 15.8. The number of benzene rings is 1. The number of halogens is 1. The smallest absolute Gasteiger partial charge is 0.254 e. The van der Waals surface area contributed by atoms with Crippen LogP contribution in [0.3, 0.4) is 0 Å². The Morgan fingerprint density at radius 3 is 2.57 bits per heavy atom. The summed E-state index contributed by atoms with van der Waals surface area (Å²) in [7, 11) is -3.89. The summed E-state index contributed by atoms with van der Waals surface area (Å²) in [4.78, 5) is 13.7. The van der Waals surface area contributed by atoms with Crippen molar-refractivity contribution in [3.63, 3.8) is 0 Å². The van der Waals surface area contributed by atoms with Gasteiger partial charge in [-0.1, -0.05) is 11.6 Å². The average molecular weight is 333 g/mol. The molecule has 1 fully saturated rings. The molecule has 1 aliphatic rings. The molecule has 0 aromatic heterocycles. The number of nitrogens with zero attached hydrogens (tertiary/aromatic N) is 1. The minimum absolute atomic E-state index is 0.0588. The first kappa shape index (κ1) is 16.2. The van der Waals surface area contributed by atoms with Crippen molar-refractivity contribution in [1.29, 1.82) is 0 Å². The summed E-state index contributed by atoms with van der Waals surface area (Å²) in [6.07, 6.45) is 0. The van der Waals surface area contributed by atoms with Gasteiger partial charge in [-0.2, -0.15) is 0 Å². The van der Waals surface area contributed by atoms with Gasteiger partial charge >= 0.3 is 0 Å². The zero-order valence-corrected chi connectivity index (χ0v) is 13.4. The molecule has 0 saturated carbocycles. The van der Waals surface area contributed by atoms with Gasteiger partial charge in [-0.25, -0.2) is 13.6 Å². The lowest BCUT2D eigenvalue weighted by Gasteiger charge is -2.47. The van der Waals surface area contributed by atoms with Gasteiger partial charge in [0.1, 0.15) is 10.5 Å². The van der Waals surface area contributed by atoms with E-state index in [2.05, 4.69) is 0 Å². The average Bonchev–Trinajstić information content (AvgIpc) is 2.33. The summed E-state index contributed by atoms with van der Waals surface area (Å²) in [5.74, 6) is -0.213. The standard InChI is InChI=1S/C13H17ClN2O4S/c1-3-20-13(2)7-16(8-13)12(17)9-4-5-11(10(14)6-9)21(15,18)19/h4-6H,3,7-8H2,1-2H3,(H2,15,18,19). The highest BCUT2D eigenvalue weighted by atomic mass is 35.5. The summed E-state index contributed by atoms with van der Waals surface area (Å²) in [5, 5.41) is 4.97. The fraction of sp³-hybridized carbons (Fsp3) is 0.462. The van der Waals surface area contributed by atoms with Crippen molar-refractivity contribution in [2.45, 2.75) is 24.3 Å². The monoisotopic (exact) mass is 332 g/mol. The lowest BCUT2D eigenvalue weighted by Crippen LogP contribution is -2.63. The maximum atomic E-state index is 12.3. The van der Waals surface area contributed by atoms with Crippen molar-refractivity contribution in [2.24, 2.45) is 5.14 Å². The predicted octanol–water partition coefficient (Wildman–Crippen LogP) is 1.24. The molecule has 1 aromatic carbocycles. The Morgan fingerprint density at radius 1 is 1.48 bits per heavy atom. The maximum Gasteiger partial charge on any atom is 0.254 e. The van der Waals surface area contributed by atoms with E-state index in [1.165, 1.54) is 18.2 Å². The molecule has 2 rings (SSSR count). The Morgan fingerprint density at radius 2 is 2.10 bits per heavy atom. The van der Waals surface area contributed by atoms with E-state index in [0.717, 1.165) is 0 Å². The van der Waals surface area contributed by atoms with Crippen LogP contribution in [0.25, 0.3) is 0 Å². The maximum absolute atomic E-state index is 12.3. The fourth-order valence-corrected chi connectivity index (χ4v) is 3.48. The molecule has 1 aromatic rings. The summed E-state index contributed by atoms with van der Waals surface area (Å²) in [6, 6.07) is 3.97. The van der Waals surface area contributed by atoms with Crippen LogP contribution in [0.4, 0.5) is 0 Å². The van der Waals surface area contributed by atoms with E-state index in [9.17, 15) is 13.2 Å². The third kappa shape index (κ3) is 3.37. The highest BCUT2D eigenvalue weighted by Gasteiger charge is 2.42. The second-order valence-electron chi connectivity index (χ2n) is 5.23. The van der Waals surface area contributed by atoms with Gasteiger partial charge in [0.25, 0.3) is 5.91 Å². The number of sulfonamides is 1. The van der Waals surface area contributed by atoms with E-state index in [0.29, 0.717) is 25.3 Å². The molecule has 21 heavy (non-hydrogen) atoms. The molecule has 1 heterocycles. The van der Waals surface area contributed by atoms with Crippen molar-refractivity contribution >= 4 is 27.5 Å². The zero-order valence-electron chi connectivity index (χ0n) is 11.8. The highest BCUT2D eigenvalue weighted by molar-refractivity contribution is 7.89. The molecule has 0 radical (unpaired) electrons. The van der Waals surface area contributed by atoms with E-state index >= 15 is 0 Å². The SMILES string of the molecule is CCOC1(C)CN(C(=O)c2ccc(S(N)(=O)=O)c(Cl)c2)C1. The van der Waals surface area contributed by atoms with Crippen LogP contribution in [0.5, 0.6) is 0 Å². The first-order valence-electron chi connectivity index (χ1n) is 6.42. The van der Waals surface area contributed by atoms with E-state index < -0.39 is 10.0 Å². The molecular formula is C13H17ClN2O4S. The first-order chi connectivity index (χ1) is 9.66. The van der Waals surface area contributed by atoms with Crippen molar-refractivity contribution in [1.82, 2.24) is 4.90 Å². The number of carbonyl (C=O) groups excluding carboxylic acids is 1. The predicted molar refractivity (Wildman–Crippen MR) is 78.8 cm³/mol. The number of primary sulfonamides is 1. The molecule has 0 atom stereocenters. The van der Waals surface area contributed by atoms with Crippen LogP contribution in [-0.4, -0.2) is 44.5 Å². The van der Waals surface area contributed by atoms with Crippen LogP contribution in [0.15, 0.2) is 23.1 Å². The van der Waals surface area contributed by atoms with Gasteiger partial charge in [0.2, 0.25) is 10.0 Å². The molecule has 0 aliphatic carbocycles. The van der Waals surface area contributed by atoms with Crippen LogP contribution in [0, 0.1) is 0 Å².